The Morgan fingerprint density at radius 2 is 2.00 bits per heavy atom. The molecule has 1 rings (SSSR count). The van der Waals surface area contributed by atoms with Crippen LogP contribution in [0.2, 0.25) is 0 Å². The molecule has 7 nitrogen and oxygen atoms in total. The van der Waals surface area contributed by atoms with E-state index in [0.29, 0.717) is 30.7 Å². The SMILES string of the molecule is COC(=O)C(CCSC)NC(=O)CCCNC(=O)c1cccc(OC)c1. The van der Waals surface area contributed by atoms with E-state index in [-0.39, 0.29) is 18.2 Å². The van der Waals surface area contributed by atoms with E-state index in [9.17, 15) is 14.4 Å². The molecule has 0 bridgehead atoms. The first-order chi connectivity index (χ1) is 12.5. The van der Waals surface area contributed by atoms with Gasteiger partial charge in [0.1, 0.15) is 11.8 Å². The summed E-state index contributed by atoms with van der Waals surface area (Å²) in [4.78, 5) is 35.7. The maximum atomic E-state index is 12.1. The van der Waals surface area contributed by atoms with Gasteiger partial charge in [-0.2, -0.15) is 11.8 Å². The number of hydrogen-bond donors (Lipinski definition) is 2. The minimum Gasteiger partial charge on any atom is -0.497 e. The summed E-state index contributed by atoms with van der Waals surface area (Å²) in [6, 6.07) is 6.20. The van der Waals surface area contributed by atoms with Crippen molar-refractivity contribution in [1.29, 1.82) is 0 Å². The lowest BCUT2D eigenvalue weighted by molar-refractivity contribution is -0.145. The van der Waals surface area contributed by atoms with Gasteiger partial charge in [0.15, 0.2) is 0 Å². The Hall–Kier alpha value is -2.22. The van der Waals surface area contributed by atoms with Crippen LogP contribution in [0.5, 0.6) is 5.75 Å². The molecule has 1 atom stereocenters. The van der Waals surface area contributed by atoms with Crippen LogP contribution in [0.4, 0.5) is 0 Å². The zero-order valence-corrected chi connectivity index (χ0v) is 16.2. The number of carbonyl (C=O) groups excluding carboxylic acids is 3. The molecule has 1 aromatic carbocycles. The van der Waals surface area contributed by atoms with Crippen LogP contribution in [0, 0.1) is 0 Å². The Morgan fingerprint density at radius 1 is 1.23 bits per heavy atom. The molecule has 0 fully saturated rings. The largest absolute Gasteiger partial charge is 0.497 e. The molecule has 144 valence electrons. The summed E-state index contributed by atoms with van der Waals surface area (Å²) in [6.45, 7) is 0.358. The molecule has 1 aromatic rings. The summed E-state index contributed by atoms with van der Waals surface area (Å²) in [5.74, 6) is 0.445. The lowest BCUT2D eigenvalue weighted by atomic mass is 10.2. The van der Waals surface area contributed by atoms with Crippen LogP contribution in [-0.2, 0) is 14.3 Å². The van der Waals surface area contributed by atoms with E-state index in [1.165, 1.54) is 14.2 Å². The number of benzene rings is 1. The quantitative estimate of drug-likeness (QED) is 0.446. The van der Waals surface area contributed by atoms with Crippen molar-refractivity contribution in [2.24, 2.45) is 0 Å². The van der Waals surface area contributed by atoms with Crippen molar-refractivity contribution in [2.75, 3.05) is 32.8 Å². The topological polar surface area (TPSA) is 93.7 Å². The molecule has 0 aliphatic carbocycles. The molecule has 1 unspecified atom stereocenters. The molecule has 2 N–H and O–H groups in total. The van der Waals surface area contributed by atoms with Crippen molar-refractivity contribution in [3.05, 3.63) is 29.8 Å². The van der Waals surface area contributed by atoms with Crippen LogP contribution in [0.25, 0.3) is 0 Å². The van der Waals surface area contributed by atoms with Crippen molar-refractivity contribution in [3.63, 3.8) is 0 Å². The third kappa shape index (κ3) is 7.77. The second-order valence-corrected chi connectivity index (χ2v) is 6.50. The summed E-state index contributed by atoms with van der Waals surface area (Å²) in [5.41, 5.74) is 0.497. The molecular weight excluding hydrogens is 356 g/mol. The Morgan fingerprint density at radius 3 is 2.65 bits per heavy atom. The first kappa shape index (κ1) is 21.8. The average Bonchev–Trinajstić information content (AvgIpc) is 2.67. The average molecular weight is 382 g/mol. The predicted molar refractivity (Wildman–Crippen MR) is 102 cm³/mol. The first-order valence-corrected chi connectivity index (χ1v) is 9.69. The Balaban J connectivity index is 2.35. The number of rotatable bonds is 11. The number of carbonyl (C=O) groups is 3. The lowest BCUT2D eigenvalue weighted by Crippen LogP contribution is -2.42. The van der Waals surface area contributed by atoms with Crippen LogP contribution in [0.1, 0.15) is 29.6 Å². The van der Waals surface area contributed by atoms with Gasteiger partial charge in [0.2, 0.25) is 5.91 Å². The van der Waals surface area contributed by atoms with E-state index >= 15 is 0 Å². The number of hydrogen-bond acceptors (Lipinski definition) is 6. The highest BCUT2D eigenvalue weighted by Crippen LogP contribution is 2.12. The normalized spacial score (nSPS) is 11.3. The molecule has 0 saturated heterocycles. The summed E-state index contributed by atoms with van der Waals surface area (Å²) >= 11 is 1.59. The van der Waals surface area contributed by atoms with E-state index in [2.05, 4.69) is 10.6 Å². The maximum Gasteiger partial charge on any atom is 0.328 e. The van der Waals surface area contributed by atoms with Crippen molar-refractivity contribution in [1.82, 2.24) is 10.6 Å². The summed E-state index contributed by atoms with van der Waals surface area (Å²) in [5, 5.41) is 5.44. The van der Waals surface area contributed by atoms with Crippen LogP contribution in [0.15, 0.2) is 24.3 Å². The number of methoxy groups -OCH3 is 2. The fourth-order valence-electron chi connectivity index (χ4n) is 2.21. The standard InChI is InChI=1S/C18H26N2O5S/c1-24-14-7-4-6-13(12-14)17(22)19-10-5-8-16(21)20-15(9-11-26-3)18(23)25-2/h4,6-7,12,15H,5,8-11H2,1-3H3,(H,19,22)(H,20,21). The molecule has 0 saturated carbocycles. The highest BCUT2D eigenvalue weighted by atomic mass is 32.2. The second-order valence-electron chi connectivity index (χ2n) is 5.52. The van der Waals surface area contributed by atoms with Crippen molar-refractivity contribution in [3.8, 4) is 5.75 Å². The highest BCUT2D eigenvalue weighted by molar-refractivity contribution is 7.98. The van der Waals surface area contributed by atoms with Gasteiger partial charge in [0.25, 0.3) is 5.91 Å². The van der Waals surface area contributed by atoms with Gasteiger partial charge < -0.3 is 20.1 Å². The van der Waals surface area contributed by atoms with E-state index in [1.807, 2.05) is 6.26 Å². The van der Waals surface area contributed by atoms with Gasteiger partial charge in [-0.1, -0.05) is 6.07 Å². The second kappa shape index (κ2) is 12.2. The Labute approximate surface area is 158 Å². The zero-order valence-electron chi connectivity index (χ0n) is 15.4. The van der Waals surface area contributed by atoms with E-state index in [1.54, 1.807) is 36.0 Å². The van der Waals surface area contributed by atoms with Crippen molar-refractivity contribution >= 4 is 29.5 Å². The minimum atomic E-state index is -0.633. The van der Waals surface area contributed by atoms with E-state index in [0.717, 1.165) is 5.75 Å². The molecular formula is C18H26N2O5S. The molecule has 0 aromatic heterocycles. The number of thioether (sulfide) groups is 1. The molecule has 26 heavy (non-hydrogen) atoms. The molecule has 2 amide bonds. The number of esters is 1. The first-order valence-electron chi connectivity index (χ1n) is 8.30. The minimum absolute atomic E-state index is 0.213. The van der Waals surface area contributed by atoms with Gasteiger partial charge in [-0.3, -0.25) is 9.59 Å². The predicted octanol–water partition coefficient (Wildman–Crippen LogP) is 1.62. The Kier molecular flexibility index (Phi) is 10.2. The van der Waals surface area contributed by atoms with E-state index in [4.69, 9.17) is 9.47 Å². The maximum absolute atomic E-state index is 12.1. The fourth-order valence-corrected chi connectivity index (χ4v) is 2.68. The fraction of sp³-hybridized carbons (Fsp3) is 0.500. The van der Waals surface area contributed by atoms with Crippen LogP contribution in [-0.4, -0.2) is 56.6 Å². The van der Waals surface area contributed by atoms with Gasteiger partial charge in [0.05, 0.1) is 14.2 Å². The molecule has 0 aliphatic rings. The number of amides is 2. The van der Waals surface area contributed by atoms with E-state index < -0.39 is 12.0 Å². The van der Waals surface area contributed by atoms with Gasteiger partial charge in [-0.15, -0.1) is 0 Å². The van der Waals surface area contributed by atoms with Crippen LogP contribution < -0.4 is 15.4 Å². The van der Waals surface area contributed by atoms with Crippen LogP contribution in [0.3, 0.4) is 0 Å². The van der Waals surface area contributed by atoms with Crippen LogP contribution >= 0.6 is 11.8 Å². The zero-order chi connectivity index (χ0) is 19.4. The highest BCUT2D eigenvalue weighted by Gasteiger charge is 2.20. The van der Waals surface area contributed by atoms with Crippen molar-refractivity contribution < 1.29 is 23.9 Å². The molecule has 0 heterocycles. The smallest absolute Gasteiger partial charge is 0.328 e. The monoisotopic (exact) mass is 382 g/mol. The van der Waals surface area contributed by atoms with Crippen molar-refractivity contribution in [2.45, 2.75) is 25.3 Å². The summed E-state index contributed by atoms with van der Waals surface area (Å²) in [6.07, 6.45) is 3.14. The molecule has 0 radical (unpaired) electrons. The van der Waals surface area contributed by atoms with Gasteiger partial charge >= 0.3 is 5.97 Å². The lowest BCUT2D eigenvalue weighted by Gasteiger charge is -2.16. The number of ether oxygens (including phenoxy) is 2. The molecule has 0 spiro atoms. The third-order valence-electron chi connectivity index (χ3n) is 3.63. The molecule has 8 heteroatoms. The third-order valence-corrected chi connectivity index (χ3v) is 4.27. The Bertz CT molecular complexity index is 609. The van der Waals surface area contributed by atoms with Gasteiger partial charge in [-0.25, -0.2) is 4.79 Å². The molecule has 0 aliphatic heterocycles. The summed E-state index contributed by atoms with van der Waals surface area (Å²) in [7, 11) is 2.84. The number of nitrogens with one attached hydrogen (secondary N) is 2. The van der Waals surface area contributed by atoms with Gasteiger partial charge in [0, 0.05) is 18.5 Å². The van der Waals surface area contributed by atoms with Gasteiger partial charge in [-0.05, 0) is 43.0 Å². The summed E-state index contributed by atoms with van der Waals surface area (Å²) < 4.78 is 9.79.